The van der Waals surface area contributed by atoms with Crippen LogP contribution < -0.4 is 9.64 Å². The van der Waals surface area contributed by atoms with Gasteiger partial charge in [-0.2, -0.15) is 0 Å². The van der Waals surface area contributed by atoms with Gasteiger partial charge >= 0.3 is 0 Å². The Bertz CT molecular complexity index is 892. The average Bonchev–Trinajstić information content (AvgIpc) is 3.28. The van der Waals surface area contributed by atoms with Crippen molar-refractivity contribution in [2.45, 2.75) is 12.5 Å². The fraction of sp³-hybridized carbons (Fsp3) is 0.333. The standard InChI is InChI=1S/C18H19N5O2S/c1-22(2)15-7-8-16(21-20-15)25-12-9-10-23(11-12)18(24)17-19-13-5-3-4-6-14(13)26-17/h3-8,12H,9-11H2,1-2H3. The quantitative estimate of drug-likeness (QED) is 0.703. The normalized spacial score (nSPS) is 16.8. The Hall–Kier alpha value is -2.74. The first kappa shape index (κ1) is 16.7. The second kappa shape index (κ2) is 6.87. The highest BCUT2D eigenvalue weighted by molar-refractivity contribution is 7.20. The van der Waals surface area contributed by atoms with E-state index >= 15 is 0 Å². The van der Waals surface area contributed by atoms with Gasteiger partial charge in [0.1, 0.15) is 6.10 Å². The summed E-state index contributed by atoms with van der Waals surface area (Å²) >= 11 is 1.43. The molecule has 7 nitrogen and oxygen atoms in total. The molecule has 0 N–H and O–H groups in total. The number of likely N-dealkylation sites (tertiary alicyclic amines) is 1. The molecule has 1 saturated heterocycles. The predicted octanol–water partition coefficient (Wildman–Crippen LogP) is 2.45. The minimum Gasteiger partial charge on any atom is -0.471 e. The predicted molar refractivity (Wildman–Crippen MR) is 101 cm³/mol. The van der Waals surface area contributed by atoms with Gasteiger partial charge in [0.2, 0.25) is 5.88 Å². The third-order valence-electron chi connectivity index (χ3n) is 4.28. The van der Waals surface area contributed by atoms with Crippen LogP contribution >= 0.6 is 11.3 Å². The van der Waals surface area contributed by atoms with Crippen LogP contribution in [0.25, 0.3) is 10.2 Å². The second-order valence-electron chi connectivity index (χ2n) is 6.39. The summed E-state index contributed by atoms with van der Waals surface area (Å²) in [5, 5.41) is 8.73. The lowest BCUT2D eigenvalue weighted by atomic mass is 10.3. The molecule has 3 aromatic rings. The zero-order valence-electron chi connectivity index (χ0n) is 14.6. The lowest BCUT2D eigenvalue weighted by Crippen LogP contribution is -2.31. The molecule has 1 amide bonds. The fourth-order valence-corrected chi connectivity index (χ4v) is 3.83. The topological polar surface area (TPSA) is 71.5 Å². The van der Waals surface area contributed by atoms with Crippen LogP contribution in [0.15, 0.2) is 36.4 Å². The largest absolute Gasteiger partial charge is 0.471 e. The van der Waals surface area contributed by atoms with Crippen molar-refractivity contribution in [3.05, 3.63) is 41.4 Å². The lowest BCUT2D eigenvalue weighted by molar-refractivity contribution is 0.0771. The van der Waals surface area contributed by atoms with E-state index in [1.54, 1.807) is 11.0 Å². The van der Waals surface area contributed by atoms with E-state index in [1.165, 1.54) is 11.3 Å². The molecule has 4 rings (SSSR count). The van der Waals surface area contributed by atoms with Gasteiger partial charge in [0, 0.05) is 33.1 Å². The Morgan fingerprint density at radius 2 is 2.08 bits per heavy atom. The van der Waals surface area contributed by atoms with Gasteiger partial charge in [0.25, 0.3) is 5.91 Å². The minimum absolute atomic E-state index is 0.0358. The third-order valence-corrected chi connectivity index (χ3v) is 5.31. The molecule has 1 fully saturated rings. The number of nitrogens with zero attached hydrogens (tertiary/aromatic N) is 5. The molecule has 2 aromatic heterocycles. The maximum absolute atomic E-state index is 12.7. The Balaban J connectivity index is 1.40. The van der Waals surface area contributed by atoms with Gasteiger partial charge in [0.15, 0.2) is 10.8 Å². The molecule has 3 heterocycles. The molecule has 1 unspecified atom stereocenters. The molecule has 0 saturated carbocycles. The monoisotopic (exact) mass is 369 g/mol. The van der Waals surface area contributed by atoms with Crippen LogP contribution in [0.1, 0.15) is 16.2 Å². The molecule has 1 aromatic carbocycles. The van der Waals surface area contributed by atoms with Crippen molar-refractivity contribution in [2.24, 2.45) is 0 Å². The number of benzene rings is 1. The molecule has 0 spiro atoms. The van der Waals surface area contributed by atoms with E-state index in [0.29, 0.717) is 24.0 Å². The van der Waals surface area contributed by atoms with E-state index in [1.807, 2.05) is 49.3 Å². The summed E-state index contributed by atoms with van der Waals surface area (Å²) in [7, 11) is 3.82. The van der Waals surface area contributed by atoms with Crippen molar-refractivity contribution >= 4 is 33.3 Å². The zero-order chi connectivity index (χ0) is 18.1. The van der Waals surface area contributed by atoms with Gasteiger partial charge < -0.3 is 14.5 Å². The van der Waals surface area contributed by atoms with Gasteiger partial charge in [-0.25, -0.2) is 4.98 Å². The smallest absolute Gasteiger partial charge is 0.283 e. The van der Waals surface area contributed by atoms with E-state index in [9.17, 15) is 4.79 Å². The summed E-state index contributed by atoms with van der Waals surface area (Å²) in [5.74, 6) is 1.22. The van der Waals surface area contributed by atoms with Crippen molar-refractivity contribution in [3.63, 3.8) is 0 Å². The molecule has 0 bridgehead atoms. The number of fused-ring (bicyclic) bond motifs is 1. The number of aromatic nitrogens is 3. The van der Waals surface area contributed by atoms with Gasteiger partial charge in [-0.05, 0) is 18.2 Å². The molecular formula is C18H19N5O2S. The number of amides is 1. The van der Waals surface area contributed by atoms with E-state index in [0.717, 1.165) is 22.5 Å². The molecule has 134 valence electrons. The lowest BCUT2D eigenvalue weighted by Gasteiger charge is -2.16. The van der Waals surface area contributed by atoms with E-state index in [2.05, 4.69) is 15.2 Å². The van der Waals surface area contributed by atoms with Gasteiger partial charge in [0.05, 0.1) is 16.8 Å². The van der Waals surface area contributed by atoms with Crippen LogP contribution in [0.2, 0.25) is 0 Å². The van der Waals surface area contributed by atoms with Crippen molar-refractivity contribution in [1.82, 2.24) is 20.1 Å². The minimum atomic E-state index is -0.0761. The fourth-order valence-electron chi connectivity index (χ4n) is 2.89. The molecule has 0 aliphatic carbocycles. The maximum Gasteiger partial charge on any atom is 0.283 e. The highest BCUT2D eigenvalue weighted by atomic mass is 32.1. The molecular weight excluding hydrogens is 350 g/mol. The summed E-state index contributed by atoms with van der Waals surface area (Å²) < 4.78 is 6.91. The first-order chi connectivity index (χ1) is 12.6. The van der Waals surface area contributed by atoms with Crippen molar-refractivity contribution in [3.8, 4) is 5.88 Å². The maximum atomic E-state index is 12.7. The summed E-state index contributed by atoms with van der Waals surface area (Å²) in [6.07, 6.45) is 0.695. The van der Waals surface area contributed by atoms with Crippen LogP contribution in [-0.2, 0) is 0 Å². The SMILES string of the molecule is CN(C)c1ccc(OC2CCN(C(=O)c3nc4ccccc4s3)C2)nn1. The average molecular weight is 369 g/mol. The van der Waals surface area contributed by atoms with E-state index in [-0.39, 0.29) is 12.0 Å². The number of rotatable bonds is 4. The van der Waals surface area contributed by atoms with Crippen molar-refractivity contribution in [2.75, 3.05) is 32.1 Å². The van der Waals surface area contributed by atoms with Crippen LogP contribution in [0, 0.1) is 0 Å². The van der Waals surface area contributed by atoms with Crippen molar-refractivity contribution < 1.29 is 9.53 Å². The number of hydrogen-bond acceptors (Lipinski definition) is 7. The number of para-hydroxylation sites is 1. The van der Waals surface area contributed by atoms with Gasteiger partial charge in [-0.3, -0.25) is 4.79 Å². The number of ether oxygens (including phenoxy) is 1. The number of anilines is 1. The summed E-state index contributed by atoms with van der Waals surface area (Å²) in [5.41, 5.74) is 0.865. The molecule has 1 aliphatic rings. The number of thiazole rings is 1. The van der Waals surface area contributed by atoms with Crippen LogP contribution in [0.5, 0.6) is 5.88 Å². The van der Waals surface area contributed by atoms with Gasteiger partial charge in [-0.1, -0.05) is 12.1 Å². The van der Waals surface area contributed by atoms with Crippen molar-refractivity contribution in [1.29, 1.82) is 0 Å². The van der Waals surface area contributed by atoms with Crippen LogP contribution in [-0.4, -0.2) is 59.3 Å². The number of carbonyl (C=O) groups excluding carboxylic acids is 1. The molecule has 1 aliphatic heterocycles. The highest BCUT2D eigenvalue weighted by Crippen LogP contribution is 2.25. The van der Waals surface area contributed by atoms with E-state index in [4.69, 9.17) is 4.74 Å². The molecule has 26 heavy (non-hydrogen) atoms. The Labute approximate surface area is 155 Å². The summed E-state index contributed by atoms with van der Waals surface area (Å²) in [6, 6.07) is 11.5. The Kier molecular flexibility index (Phi) is 4.42. The number of carbonyl (C=O) groups is 1. The van der Waals surface area contributed by atoms with Crippen LogP contribution in [0.3, 0.4) is 0 Å². The highest BCUT2D eigenvalue weighted by Gasteiger charge is 2.30. The van der Waals surface area contributed by atoms with Crippen LogP contribution in [0.4, 0.5) is 5.82 Å². The molecule has 0 radical (unpaired) electrons. The Morgan fingerprint density at radius 1 is 1.23 bits per heavy atom. The summed E-state index contributed by atoms with van der Waals surface area (Å²) in [6.45, 7) is 1.19. The van der Waals surface area contributed by atoms with E-state index < -0.39 is 0 Å². The molecule has 8 heteroatoms. The van der Waals surface area contributed by atoms with Gasteiger partial charge in [-0.15, -0.1) is 21.5 Å². The first-order valence-electron chi connectivity index (χ1n) is 8.43. The third kappa shape index (κ3) is 3.32. The first-order valence-corrected chi connectivity index (χ1v) is 9.24. The summed E-state index contributed by atoms with van der Waals surface area (Å²) in [4.78, 5) is 20.8. The zero-order valence-corrected chi connectivity index (χ0v) is 15.4. The number of hydrogen-bond donors (Lipinski definition) is 0. The second-order valence-corrected chi connectivity index (χ2v) is 7.42. The molecule has 1 atom stereocenters. The Morgan fingerprint density at radius 3 is 2.81 bits per heavy atom.